The first kappa shape index (κ1) is 19.7. The van der Waals surface area contributed by atoms with Crippen molar-refractivity contribution >= 4 is 55.6 Å². The predicted octanol–water partition coefficient (Wildman–Crippen LogP) is 4.55. The molecule has 0 saturated heterocycles. The van der Waals surface area contributed by atoms with Crippen LogP contribution in [0.5, 0.6) is 0 Å². The Labute approximate surface area is 166 Å². The van der Waals surface area contributed by atoms with Crippen LogP contribution in [0, 0.1) is 6.92 Å². The van der Waals surface area contributed by atoms with E-state index in [1.807, 2.05) is 13.2 Å². The van der Waals surface area contributed by atoms with E-state index in [0.29, 0.717) is 35.8 Å². The fourth-order valence-corrected chi connectivity index (χ4v) is 7.04. The number of amides is 1. The quantitative estimate of drug-likeness (QED) is 0.704. The summed E-state index contributed by atoms with van der Waals surface area (Å²) in [5.74, 6) is -0.494. The van der Waals surface area contributed by atoms with Gasteiger partial charge in [0.2, 0.25) is 5.91 Å². The number of thioether (sulfide) groups is 1. The van der Waals surface area contributed by atoms with E-state index in [0.717, 1.165) is 9.90 Å². The summed E-state index contributed by atoms with van der Waals surface area (Å²) in [6.45, 7) is 1.87. The molecule has 1 N–H and O–H groups in total. The number of nitrogens with one attached hydrogen (secondary N) is 1. The Morgan fingerprint density at radius 3 is 2.42 bits per heavy atom. The van der Waals surface area contributed by atoms with Crippen molar-refractivity contribution in [2.75, 3.05) is 11.6 Å². The Bertz CT molecular complexity index is 917. The van der Waals surface area contributed by atoms with Crippen LogP contribution in [0.4, 0.5) is 5.13 Å². The molecular formula is C17H19ClN2O3S3. The molecule has 140 valence electrons. The summed E-state index contributed by atoms with van der Waals surface area (Å²) in [6, 6.07) is 5.99. The Kier molecular flexibility index (Phi) is 5.67. The minimum absolute atomic E-state index is 0.124. The molecule has 0 aliphatic heterocycles. The van der Waals surface area contributed by atoms with Crippen molar-refractivity contribution < 1.29 is 13.2 Å². The number of hydrogen-bond donors (Lipinski definition) is 1. The van der Waals surface area contributed by atoms with Gasteiger partial charge in [0.1, 0.15) is 0 Å². The molecule has 1 heterocycles. The van der Waals surface area contributed by atoms with Gasteiger partial charge in [-0.1, -0.05) is 35.8 Å². The lowest BCUT2D eigenvalue weighted by atomic mass is 10.1. The van der Waals surface area contributed by atoms with Crippen molar-refractivity contribution in [2.45, 2.75) is 46.5 Å². The van der Waals surface area contributed by atoms with E-state index in [4.69, 9.17) is 11.6 Å². The van der Waals surface area contributed by atoms with Gasteiger partial charge in [-0.05, 0) is 50.3 Å². The first-order chi connectivity index (χ1) is 12.3. The third kappa shape index (κ3) is 3.40. The van der Waals surface area contributed by atoms with E-state index in [9.17, 15) is 13.2 Å². The molecule has 0 spiro atoms. The zero-order chi connectivity index (χ0) is 18.9. The zero-order valence-corrected chi connectivity index (χ0v) is 17.6. The van der Waals surface area contributed by atoms with Crippen molar-refractivity contribution in [3.8, 4) is 0 Å². The zero-order valence-electron chi connectivity index (χ0n) is 14.4. The largest absolute Gasteiger partial charge is 0.301 e. The first-order valence-electron chi connectivity index (χ1n) is 8.13. The lowest BCUT2D eigenvalue weighted by Gasteiger charge is -2.27. The maximum Gasteiger partial charge on any atom is 0.248 e. The number of carbonyl (C=O) groups is 1. The number of aromatic nitrogens is 1. The highest BCUT2D eigenvalue weighted by Crippen LogP contribution is 2.42. The molecule has 1 saturated carbocycles. The van der Waals surface area contributed by atoms with Crippen molar-refractivity contribution in [1.82, 2.24) is 4.98 Å². The summed E-state index contributed by atoms with van der Waals surface area (Å²) in [5, 5.41) is 3.65. The molecule has 3 rings (SSSR count). The number of sulfone groups is 1. The Hall–Kier alpha value is -1.09. The molecule has 5 nitrogen and oxygen atoms in total. The van der Waals surface area contributed by atoms with Gasteiger partial charge in [0, 0.05) is 5.02 Å². The fourth-order valence-electron chi connectivity index (χ4n) is 3.24. The summed E-state index contributed by atoms with van der Waals surface area (Å²) in [5.41, 5.74) is 0.832. The molecule has 1 fully saturated rings. The van der Waals surface area contributed by atoms with E-state index in [2.05, 4.69) is 10.3 Å². The number of halogens is 1. The lowest BCUT2D eigenvalue weighted by Crippen LogP contribution is -2.47. The minimum atomic E-state index is -3.84. The minimum Gasteiger partial charge on any atom is -0.301 e. The van der Waals surface area contributed by atoms with E-state index >= 15 is 0 Å². The van der Waals surface area contributed by atoms with E-state index in [1.54, 1.807) is 11.8 Å². The van der Waals surface area contributed by atoms with Gasteiger partial charge in [-0.2, -0.15) is 0 Å². The second-order valence-corrected chi connectivity index (χ2v) is 11.0. The van der Waals surface area contributed by atoms with Gasteiger partial charge in [-0.15, -0.1) is 11.8 Å². The third-order valence-electron chi connectivity index (χ3n) is 4.62. The number of aryl methyl sites for hydroxylation is 1. The molecule has 0 radical (unpaired) electrons. The number of thiazole rings is 1. The Balaban J connectivity index is 1.96. The molecule has 1 aliphatic rings. The summed E-state index contributed by atoms with van der Waals surface area (Å²) in [6.07, 6.45) is 3.96. The number of benzene rings is 1. The monoisotopic (exact) mass is 430 g/mol. The van der Waals surface area contributed by atoms with Crippen LogP contribution in [0.1, 0.15) is 31.4 Å². The van der Waals surface area contributed by atoms with E-state index in [1.165, 1.54) is 35.6 Å². The predicted molar refractivity (Wildman–Crippen MR) is 107 cm³/mol. The van der Waals surface area contributed by atoms with E-state index in [-0.39, 0.29) is 4.90 Å². The maximum atomic E-state index is 13.3. The molecule has 2 aromatic rings. The second-order valence-electron chi connectivity index (χ2n) is 6.21. The van der Waals surface area contributed by atoms with Crippen LogP contribution in [-0.4, -0.2) is 30.3 Å². The fraction of sp³-hybridized carbons (Fsp3) is 0.412. The van der Waals surface area contributed by atoms with Crippen molar-refractivity contribution in [3.63, 3.8) is 0 Å². The lowest BCUT2D eigenvalue weighted by molar-refractivity contribution is -0.118. The number of carbonyl (C=O) groups excluding carboxylic acids is 1. The second kappa shape index (κ2) is 7.50. The molecule has 26 heavy (non-hydrogen) atoms. The van der Waals surface area contributed by atoms with Gasteiger partial charge in [-0.25, -0.2) is 13.4 Å². The molecule has 1 aliphatic carbocycles. The van der Waals surface area contributed by atoms with Gasteiger partial charge >= 0.3 is 0 Å². The smallest absolute Gasteiger partial charge is 0.248 e. The standard InChI is InChI=1S/C17H19ClN2O3S3/c1-11-14(24-2)25-16(19-11)20-15(21)17(9-3-4-10-17)26(22,23)13-7-5-12(18)6-8-13/h5-8H,3-4,9-10H2,1-2H3,(H,19,20,21). The van der Waals surface area contributed by atoms with E-state index < -0.39 is 20.5 Å². The Morgan fingerprint density at radius 2 is 1.88 bits per heavy atom. The Morgan fingerprint density at radius 1 is 1.27 bits per heavy atom. The number of nitrogens with zero attached hydrogens (tertiary/aromatic N) is 1. The number of rotatable bonds is 5. The van der Waals surface area contributed by atoms with Crippen molar-refractivity contribution in [3.05, 3.63) is 35.0 Å². The topological polar surface area (TPSA) is 76.1 Å². The molecule has 1 aromatic carbocycles. The molecule has 1 aromatic heterocycles. The van der Waals surface area contributed by atoms with Gasteiger partial charge < -0.3 is 5.32 Å². The maximum absolute atomic E-state index is 13.3. The van der Waals surface area contributed by atoms with Crippen LogP contribution < -0.4 is 5.32 Å². The van der Waals surface area contributed by atoms with Gasteiger partial charge in [0.25, 0.3) is 0 Å². The molecule has 1 amide bonds. The number of anilines is 1. The van der Waals surface area contributed by atoms with Crippen LogP contribution in [-0.2, 0) is 14.6 Å². The highest BCUT2D eigenvalue weighted by Gasteiger charge is 2.53. The van der Waals surface area contributed by atoms with Crippen LogP contribution in [0.2, 0.25) is 5.02 Å². The van der Waals surface area contributed by atoms with Gasteiger partial charge in [-0.3, -0.25) is 4.79 Å². The van der Waals surface area contributed by atoms with Crippen molar-refractivity contribution in [1.29, 1.82) is 0 Å². The first-order valence-corrected chi connectivity index (χ1v) is 12.0. The molecule has 0 bridgehead atoms. The van der Waals surface area contributed by atoms with Crippen LogP contribution in [0.15, 0.2) is 33.4 Å². The van der Waals surface area contributed by atoms with Gasteiger partial charge in [0.15, 0.2) is 19.7 Å². The molecular weight excluding hydrogens is 412 g/mol. The highest BCUT2D eigenvalue weighted by molar-refractivity contribution is 8.00. The summed E-state index contributed by atoms with van der Waals surface area (Å²) >= 11 is 8.79. The average Bonchev–Trinajstić information content (AvgIpc) is 3.23. The SMILES string of the molecule is CSc1sc(NC(=O)C2(S(=O)(=O)c3ccc(Cl)cc3)CCCC2)nc1C. The third-order valence-corrected chi connectivity index (χ3v) is 9.67. The molecule has 0 unspecified atom stereocenters. The van der Waals surface area contributed by atoms with Gasteiger partial charge in [0.05, 0.1) is 14.8 Å². The normalized spacial score (nSPS) is 16.6. The highest BCUT2D eigenvalue weighted by atomic mass is 35.5. The molecule has 9 heteroatoms. The summed E-state index contributed by atoms with van der Waals surface area (Å²) in [7, 11) is -3.84. The van der Waals surface area contributed by atoms with Crippen molar-refractivity contribution in [2.24, 2.45) is 0 Å². The number of hydrogen-bond acceptors (Lipinski definition) is 6. The van der Waals surface area contributed by atoms with Crippen LogP contribution in [0.25, 0.3) is 0 Å². The van der Waals surface area contributed by atoms with Crippen LogP contribution in [0.3, 0.4) is 0 Å². The average molecular weight is 431 g/mol. The van der Waals surface area contributed by atoms with Crippen LogP contribution >= 0.6 is 34.7 Å². The summed E-state index contributed by atoms with van der Waals surface area (Å²) in [4.78, 5) is 17.5. The molecule has 0 atom stereocenters. The summed E-state index contributed by atoms with van der Waals surface area (Å²) < 4.78 is 26.1.